The number of nitrogens with one attached hydrogen (secondary N) is 1. The zero-order chi connectivity index (χ0) is 18.9. The van der Waals surface area contributed by atoms with E-state index in [0.717, 1.165) is 43.0 Å². The number of aryl methyl sites for hydroxylation is 1. The summed E-state index contributed by atoms with van der Waals surface area (Å²) in [5.41, 5.74) is 0.406. The lowest BCUT2D eigenvalue weighted by molar-refractivity contribution is -0.141. The number of aromatic nitrogens is 3. The first-order valence-electron chi connectivity index (χ1n) is 9.26. The minimum absolute atomic E-state index is 0.223. The smallest absolute Gasteiger partial charge is 0.267 e. The van der Waals surface area contributed by atoms with E-state index < -0.39 is 5.60 Å². The van der Waals surface area contributed by atoms with Crippen molar-refractivity contribution in [3.05, 3.63) is 46.5 Å². The molecule has 2 aliphatic heterocycles. The Labute approximate surface area is 162 Å². The molecule has 27 heavy (non-hydrogen) atoms. The van der Waals surface area contributed by atoms with Crippen LogP contribution in [0.1, 0.15) is 49.8 Å². The number of carbonyl (C=O) groups excluding carboxylic acids is 1. The Bertz CT molecular complexity index is 894. The van der Waals surface area contributed by atoms with Crippen molar-refractivity contribution in [2.75, 3.05) is 0 Å². The van der Waals surface area contributed by atoms with Gasteiger partial charge in [-0.3, -0.25) is 4.79 Å². The van der Waals surface area contributed by atoms with Gasteiger partial charge in [0.1, 0.15) is 5.82 Å². The fraction of sp³-hybridized carbons (Fsp3) is 0.474. The lowest BCUT2D eigenvalue weighted by atomic mass is 9.95. The van der Waals surface area contributed by atoms with Gasteiger partial charge in [-0.1, -0.05) is 41.4 Å². The summed E-state index contributed by atoms with van der Waals surface area (Å²) in [7, 11) is 0. The Morgan fingerprint density at radius 3 is 3.00 bits per heavy atom. The van der Waals surface area contributed by atoms with Crippen molar-refractivity contribution in [1.82, 2.24) is 20.1 Å². The number of carbonyl (C=O) groups is 1. The van der Waals surface area contributed by atoms with Gasteiger partial charge in [-0.05, 0) is 25.8 Å². The van der Waals surface area contributed by atoms with Crippen LogP contribution >= 0.6 is 11.6 Å². The van der Waals surface area contributed by atoms with Gasteiger partial charge in [0.05, 0.1) is 12.3 Å². The Hall–Kier alpha value is -2.41. The Morgan fingerprint density at radius 2 is 2.15 bits per heavy atom. The molecule has 2 aromatic rings. The molecular formula is C19H22ClN5O2. The van der Waals surface area contributed by atoms with Gasteiger partial charge in [0, 0.05) is 30.0 Å². The second-order valence-corrected chi connectivity index (χ2v) is 7.60. The van der Waals surface area contributed by atoms with E-state index in [-0.39, 0.29) is 5.91 Å². The molecule has 4 rings (SSSR count). The van der Waals surface area contributed by atoms with Gasteiger partial charge in [0.25, 0.3) is 5.91 Å². The predicted octanol–water partition coefficient (Wildman–Crippen LogP) is 2.86. The highest BCUT2D eigenvalue weighted by Crippen LogP contribution is 2.29. The maximum Gasteiger partial charge on any atom is 0.267 e. The van der Waals surface area contributed by atoms with Crippen molar-refractivity contribution >= 4 is 23.2 Å². The summed E-state index contributed by atoms with van der Waals surface area (Å²) in [5.74, 6) is 1.57. The van der Waals surface area contributed by atoms with Crippen LogP contribution in [0.25, 0.3) is 0 Å². The monoisotopic (exact) mass is 387 g/mol. The van der Waals surface area contributed by atoms with Gasteiger partial charge in [-0.15, -0.1) is 10.2 Å². The molecular weight excluding hydrogens is 366 g/mol. The van der Waals surface area contributed by atoms with Gasteiger partial charge >= 0.3 is 0 Å². The summed E-state index contributed by atoms with van der Waals surface area (Å²) in [4.78, 5) is 18.3. The first kappa shape index (κ1) is 18.0. The molecule has 0 saturated heterocycles. The number of halogens is 1. The Balaban J connectivity index is 1.41. The number of oxime groups is 1. The molecule has 1 aromatic carbocycles. The van der Waals surface area contributed by atoms with Crippen LogP contribution in [0.3, 0.4) is 0 Å². The van der Waals surface area contributed by atoms with Crippen LogP contribution in [0.2, 0.25) is 5.02 Å². The zero-order valence-electron chi connectivity index (χ0n) is 15.2. The van der Waals surface area contributed by atoms with Gasteiger partial charge < -0.3 is 14.7 Å². The van der Waals surface area contributed by atoms with Gasteiger partial charge in [-0.2, -0.15) is 0 Å². The van der Waals surface area contributed by atoms with E-state index in [9.17, 15) is 4.79 Å². The highest BCUT2D eigenvalue weighted by atomic mass is 35.5. The third-order valence-electron chi connectivity index (χ3n) is 5.12. The van der Waals surface area contributed by atoms with Crippen LogP contribution in [0.4, 0.5) is 0 Å². The van der Waals surface area contributed by atoms with Crippen LogP contribution in [0.5, 0.6) is 0 Å². The number of hydrogen-bond acceptors (Lipinski definition) is 5. The Kier molecular flexibility index (Phi) is 4.86. The molecule has 0 bridgehead atoms. The van der Waals surface area contributed by atoms with Crippen molar-refractivity contribution in [1.29, 1.82) is 0 Å². The fourth-order valence-electron chi connectivity index (χ4n) is 3.52. The fourth-order valence-corrected chi connectivity index (χ4v) is 3.77. The minimum atomic E-state index is -1.06. The van der Waals surface area contributed by atoms with Gasteiger partial charge in [0.2, 0.25) is 5.60 Å². The lowest BCUT2D eigenvalue weighted by Crippen LogP contribution is -2.44. The zero-order valence-corrected chi connectivity index (χ0v) is 16.0. The van der Waals surface area contributed by atoms with E-state index in [1.807, 2.05) is 18.2 Å². The summed E-state index contributed by atoms with van der Waals surface area (Å²) < 4.78 is 2.12. The molecule has 7 nitrogen and oxygen atoms in total. The third kappa shape index (κ3) is 3.56. The van der Waals surface area contributed by atoms with Gasteiger partial charge in [-0.25, -0.2) is 0 Å². The molecule has 1 aromatic heterocycles. The predicted molar refractivity (Wildman–Crippen MR) is 102 cm³/mol. The first-order valence-corrected chi connectivity index (χ1v) is 9.64. The number of hydrogen-bond donors (Lipinski definition) is 1. The molecule has 2 aliphatic rings. The standard InChI is InChI=1S/C19H22ClN5O2/c1-19(11-15(24-27-19)13-7-4-5-8-14(13)20)18(26)21-12-17-23-22-16-9-3-2-6-10-25(16)17/h4-5,7-8H,2-3,6,9-12H2,1H3,(H,21,26)/t19-/m0/s1. The molecule has 0 radical (unpaired) electrons. The summed E-state index contributed by atoms with van der Waals surface area (Å²) in [6.45, 7) is 2.97. The highest BCUT2D eigenvalue weighted by molar-refractivity contribution is 6.34. The van der Waals surface area contributed by atoms with E-state index in [1.165, 1.54) is 6.42 Å². The number of rotatable bonds is 4. The molecule has 0 aliphatic carbocycles. The summed E-state index contributed by atoms with van der Waals surface area (Å²) in [6.07, 6.45) is 4.75. The quantitative estimate of drug-likeness (QED) is 0.874. The second kappa shape index (κ2) is 7.31. The highest BCUT2D eigenvalue weighted by Gasteiger charge is 2.42. The SMILES string of the molecule is C[C@@]1(C(=O)NCc2nnc3n2CCCCC3)CC(c2ccccc2Cl)=NO1. The van der Waals surface area contributed by atoms with E-state index in [1.54, 1.807) is 13.0 Å². The summed E-state index contributed by atoms with van der Waals surface area (Å²) in [5, 5.41) is 16.1. The van der Waals surface area contributed by atoms with Crippen molar-refractivity contribution in [3.8, 4) is 0 Å². The first-order chi connectivity index (χ1) is 13.1. The van der Waals surface area contributed by atoms with E-state index in [2.05, 4.69) is 25.2 Å². The average molecular weight is 388 g/mol. The topological polar surface area (TPSA) is 81.4 Å². The van der Waals surface area contributed by atoms with Crippen LogP contribution in [0, 0.1) is 0 Å². The maximum atomic E-state index is 12.8. The van der Waals surface area contributed by atoms with Crippen molar-refractivity contribution in [3.63, 3.8) is 0 Å². The molecule has 142 valence electrons. The molecule has 0 unspecified atom stereocenters. The largest absolute Gasteiger partial charge is 0.379 e. The number of nitrogens with zero attached hydrogens (tertiary/aromatic N) is 4. The number of benzene rings is 1. The number of amides is 1. The van der Waals surface area contributed by atoms with Crippen LogP contribution in [-0.4, -0.2) is 32.0 Å². The normalized spacial score (nSPS) is 21.8. The Morgan fingerprint density at radius 1 is 1.30 bits per heavy atom. The van der Waals surface area contributed by atoms with E-state index in [4.69, 9.17) is 16.4 Å². The van der Waals surface area contributed by atoms with Crippen molar-refractivity contribution < 1.29 is 9.63 Å². The number of fused-ring (bicyclic) bond motifs is 1. The molecule has 1 atom stereocenters. The molecule has 0 spiro atoms. The average Bonchev–Trinajstić information content (AvgIpc) is 3.16. The minimum Gasteiger partial charge on any atom is -0.379 e. The summed E-state index contributed by atoms with van der Waals surface area (Å²) in [6, 6.07) is 7.41. The van der Waals surface area contributed by atoms with Gasteiger partial charge in [0.15, 0.2) is 5.82 Å². The second-order valence-electron chi connectivity index (χ2n) is 7.19. The maximum absolute atomic E-state index is 12.8. The molecule has 0 saturated carbocycles. The van der Waals surface area contributed by atoms with Crippen molar-refractivity contribution in [2.45, 2.75) is 57.7 Å². The molecule has 0 fully saturated rings. The van der Waals surface area contributed by atoms with E-state index in [0.29, 0.717) is 23.7 Å². The van der Waals surface area contributed by atoms with Crippen LogP contribution < -0.4 is 5.32 Å². The van der Waals surface area contributed by atoms with E-state index >= 15 is 0 Å². The molecule has 1 amide bonds. The van der Waals surface area contributed by atoms with Crippen LogP contribution in [0.15, 0.2) is 29.4 Å². The third-order valence-corrected chi connectivity index (χ3v) is 5.45. The summed E-state index contributed by atoms with van der Waals surface area (Å²) >= 11 is 6.23. The lowest BCUT2D eigenvalue weighted by Gasteiger charge is -2.20. The molecule has 3 heterocycles. The van der Waals surface area contributed by atoms with Crippen molar-refractivity contribution in [2.24, 2.45) is 5.16 Å². The molecule has 8 heteroatoms. The van der Waals surface area contributed by atoms with Crippen LogP contribution in [-0.2, 0) is 29.1 Å². The molecule has 1 N–H and O–H groups in total.